The van der Waals surface area contributed by atoms with Crippen LogP contribution in [0.3, 0.4) is 0 Å². The van der Waals surface area contributed by atoms with E-state index in [4.69, 9.17) is 5.11 Å². The maximum atomic E-state index is 11.0. The molecule has 0 aliphatic heterocycles. The summed E-state index contributed by atoms with van der Waals surface area (Å²) in [6, 6.07) is -0.0132. The van der Waals surface area contributed by atoms with Gasteiger partial charge in [0, 0.05) is 18.8 Å². The number of aliphatic hydroxyl groups is 1. The van der Waals surface area contributed by atoms with E-state index in [9.17, 15) is 4.21 Å². The first-order chi connectivity index (χ1) is 4.63. The van der Waals surface area contributed by atoms with E-state index in [1.54, 1.807) is 11.4 Å². The van der Waals surface area contributed by atoms with E-state index >= 15 is 0 Å². The van der Waals surface area contributed by atoms with Crippen molar-refractivity contribution in [1.82, 2.24) is 4.31 Å². The van der Waals surface area contributed by atoms with Gasteiger partial charge >= 0.3 is 0 Å². The van der Waals surface area contributed by atoms with Crippen LogP contribution in [0, 0.1) is 0 Å². The summed E-state index contributed by atoms with van der Waals surface area (Å²) in [7, 11) is 0.822. The fourth-order valence-electron chi connectivity index (χ4n) is 0.519. The van der Waals surface area contributed by atoms with Crippen molar-refractivity contribution in [2.45, 2.75) is 19.9 Å². The van der Waals surface area contributed by atoms with Gasteiger partial charge in [0.05, 0.1) is 17.6 Å². The highest BCUT2D eigenvalue weighted by Crippen LogP contribution is 1.98. The van der Waals surface area contributed by atoms with Crippen LogP contribution in [0.5, 0.6) is 0 Å². The van der Waals surface area contributed by atoms with Crippen molar-refractivity contribution in [3.05, 3.63) is 0 Å². The molecule has 0 saturated heterocycles. The summed E-state index contributed by atoms with van der Waals surface area (Å²) in [6.07, 6.45) is 0. The van der Waals surface area contributed by atoms with E-state index in [2.05, 4.69) is 0 Å². The van der Waals surface area contributed by atoms with E-state index in [0.29, 0.717) is 5.75 Å². The Labute approximate surface area is 64.6 Å². The van der Waals surface area contributed by atoms with Crippen LogP contribution in [0.4, 0.5) is 0 Å². The smallest absolute Gasteiger partial charge is 0.0940 e. The molecule has 0 aliphatic rings. The largest absolute Gasteiger partial charge is 0.395 e. The van der Waals surface area contributed by atoms with Crippen molar-refractivity contribution in [3.8, 4) is 0 Å². The van der Waals surface area contributed by atoms with Gasteiger partial charge in [0.15, 0.2) is 0 Å². The quantitative estimate of drug-likeness (QED) is 0.636. The van der Waals surface area contributed by atoms with E-state index in [0.717, 1.165) is 0 Å². The second-order valence-corrected chi connectivity index (χ2v) is 3.98. The molecule has 2 atom stereocenters. The minimum absolute atomic E-state index is 0.0132. The Morgan fingerprint density at radius 2 is 2.20 bits per heavy atom. The van der Waals surface area contributed by atoms with Gasteiger partial charge in [-0.15, -0.1) is 0 Å². The molecule has 4 heteroatoms. The molecule has 0 bridgehead atoms. The predicted molar refractivity (Wildman–Crippen MR) is 43.0 cm³/mol. The van der Waals surface area contributed by atoms with Gasteiger partial charge in [-0.1, -0.05) is 6.92 Å². The standard InChI is InChI=1S/C6H15NO2S/c1-4-10(9)7(3)6(2)5-8/h6,8H,4-5H2,1-3H3. The Morgan fingerprint density at radius 3 is 2.50 bits per heavy atom. The minimum Gasteiger partial charge on any atom is -0.395 e. The first kappa shape index (κ1) is 10.1. The van der Waals surface area contributed by atoms with E-state index in [1.165, 1.54) is 0 Å². The van der Waals surface area contributed by atoms with Gasteiger partial charge in [-0.2, -0.15) is 0 Å². The Hall–Kier alpha value is 0.0700. The summed E-state index contributed by atoms with van der Waals surface area (Å²) in [5.41, 5.74) is 0. The van der Waals surface area contributed by atoms with Crippen LogP contribution in [-0.4, -0.2) is 39.1 Å². The van der Waals surface area contributed by atoms with Crippen molar-refractivity contribution in [1.29, 1.82) is 0 Å². The zero-order valence-electron chi connectivity index (χ0n) is 6.70. The third-order valence-electron chi connectivity index (χ3n) is 1.45. The van der Waals surface area contributed by atoms with Crippen LogP contribution >= 0.6 is 0 Å². The molecule has 0 saturated carbocycles. The summed E-state index contributed by atoms with van der Waals surface area (Å²) in [4.78, 5) is 0. The molecule has 0 aromatic rings. The molecule has 0 fully saturated rings. The SMILES string of the molecule is CCS(=O)N(C)C(C)CO. The summed E-state index contributed by atoms with van der Waals surface area (Å²) in [6.45, 7) is 3.76. The van der Waals surface area contributed by atoms with Gasteiger partial charge in [0.1, 0.15) is 0 Å². The predicted octanol–water partition coefficient (Wildman–Crippen LogP) is -0.0174. The summed E-state index contributed by atoms with van der Waals surface area (Å²) in [5, 5.41) is 8.67. The molecule has 0 radical (unpaired) electrons. The van der Waals surface area contributed by atoms with Crippen molar-refractivity contribution in [2.75, 3.05) is 19.4 Å². The third kappa shape index (κ3) is 2.77. The van der Waals surface area contributed by atoms with Crippen molar-refractivity contribution < 1.29 is 9.32 Å². The van der Waals surface area contributed by atoms with Crippen LogP contribution in [-0.2, 0) is 11.0 Å². The fourth-order valence-corrected chi connectivity index (χ4v) is 1.39. The van der Waals surface area contributed by atoms with E-state index in [-0.39, 0.29) is 12.6 Å². The second kappa shape index (κ2) is 4.82. The maximum absolute atomic E-state index is 11.0. The monoisotopic (exact) mass is 165 g/mol. The zero-order chi connectivity index (χ0) is 8.15. The summed E-state index contributed by atoms with van der Waals surface area (Å²) in [5.74, 6) is 0.612. The van der Waals surface area contributed by atoms with Gasteiger partial charge < -0.3 is 5.11 Å². The first-order valence-corrected chi connectivity index (χ1v) is 4.63. The Bertz CT molecular complexity index is 118. The molecule has 62 valence electrons. The van der Waals surface area contributed by atoms with Crippen LogP contribution in [0.25, 0.3) is 0 Å². The molecular formula is C6H15NO2S. The van der Waals surface area contributed by atoms with Gasteiger partial charge in [-0.3, -0.25) is 0 Å². The number of likely N-dealkylation sites (N-methyl/N-ethyl adjacent to an activating group) is 1. The van der Waals surface area contributed by atoms with Crippen molar-refractivity contribution >= 4 is 11.0 Å². The van der Waals surface area contributed by atoms with Gasteiger partial charge in [0.2, 0.25) is 0 Å². The minimum atomic E-state index is -0.928. The lowest BCUT2D eigenvalue weighted by atomic mass is 10.4. The van der Waals surface area contributed by atoms with Crippen LogP contribution in [0.2, 0.25) is 0 Å². The Kier molecular flexibility index (Phi) is 4.85. The zero-order valence-corrected chi connectivity index (χ0v) is 7.52. The molecule has 3 nitrogen and oxygen atoms in total. The summed E-state index contributed by atoms with van der Waals surface area (Å²) >= 11 is 0. The van der Waals surface area contributed by atoms with Gasteiger partial charge in [-0.05, 0) is 6.92 Å². The van der Waals surface area contributed by atoms with Gasteiger partial charge in [-0.25, -0.2) is 8.51 Å². The van der Waals surface area contributed by atoms with Crippen LogP contribution < -0.4 is 0 Å². The molecule has 0 aromatic heterocycles. The highest BCUT2D eigenvalue weighted by molar-refractivity contribution is 7.82. The topological polar surface area (TPSA) is 40.5 Å². The van der Waals surface area contributed by atoms with E-state index < -0.39 is 11.0 Å². The average Bonchev–Trinajstić information content (AvgIpc) is 2.00. The summed E-state index contributed by atoms with van der Waals surface area (Å²) < 4.78 is 12.7. The molecule has 0 spiro atoms. The number of nitrogens with zero attached hydrogens (tertiary/aromatic N) is 1. The molecule has 0 heterocycles. The molecule has 0 aromatic carbocycles. The maximum Gasteiger partial charge on any atom is 0.0940 e. The molecule has 0 amide bonds. The highest BCUT2D eigenvalue weighted by Gasteiger charge is 2.11. The van der Waals surface area contributed by atoms with Crippen LogP contribution in [0.15, 0.2) is 0 Å². The lowest BCUT2D eigenvalue weighted by Gasteiger charge is -2.20. The fraction of sp³-hybridized carbons (Fsp3) is 1.00. The molecule has 10 heavy (non-hydrogen) atoms. The normalized spacial score (nSPS) is 17.3. The number of hydrogen-bond donors (Lipinski definition) is 1. The first-order valence-electron chi connectivity index (χ1n) is 3.35. The number of aliphatic hydroxyl groups excluding tert-OH is 1. The van der Waals surface area contributed by atoms with Crippen molar-refractivity contribution in [2.24, 2.45) is 0 Å². The molecule has 0 rings (SSSR count). The molecule has 0 aliphatic carbocycles. The number of rotatable bonds is 4. The third-order valence-corrected chi connectivity index (χ3v) is 2.95. The molecule has 2 unspecified atom stereocenters. The average molecular weight is 165 g/mol. The molecular weight excluding hydrogens is 150 g/mol. The highest BCUT2D eigenvalue weighted by atomic mass is 32.2. The molecule has 1 N–H and O–H groups in total. The number of hydrogen-bond acceptors (Lipinski definition) is 2. The van der Waals surface area contributed by atoms with Crippen molar-refractivity contribution in [3.63, 3.8) is 0 Å². The lowest BCUT2D eigenvalue weighted by molar-refractivity contribution is 0.218. The second-order valence-electron chi connectivity index (χ2n) is 2.19. The van der Waals surface area contributed by atoms with Gasteiger partial charge in [0.25, 0.3) is 0 Å². The van der Waals surface area contributed by atoms with E-state index in [1.807, 2.05) is 13.8 Å². The Morgan fingerprint density at radius 1 is 1.70 bits per heavy atom. The van der Waals surface area contributed by atoms with Crippen LogP contribution in [0.1, 0.15) is 13.8 Å². The Balaban J connectivity index is 3.81. The lowest BCUT2D eigenvalue weighted by Crippen LogP contribution is -2.34.